The summed E-state index contributed by atoms with van der Waals surface area (Å²) in [6, 6.07) is 15.6. The van der Waals surface area contributed by atoms with Crippen LogP contribution < -0.4 is 0 Å². The molecule has 1 aliphatic carbocycles. The minimum absolute atomic E-state index is 0.0516. The summed E-state index contributed by atoms with van der Waals surface area (Å²) >= 11 is 0. The van der Waals surface area contributed by atoms with Gasteiger partial charge in [-0.25, -0.2) is 0 Å². The lowest BCUT2D eigenvalue weighted by molar-refractivity contribution is -0.145. The van der Waals surface area contributed by atoms with Gasteiger partial charge in [-0.3, -0.25) is 9.69 Å². The molecule has 3 atom stereocenters. The molecule has 4 rings (SSSR count). The predicted octanol–water partition coefficient (Wildman–Crippen LogP) is 4.35. The van der Waals surface area contributed by atoms with E-state index in [9.17, 15) is 4.79 Å². The van der Waals surface area contributed by atoms with Crippen LogP contribution >= 0.6 is 0 Å². The number of carbonyl (C=O) groups excluding carboxylic acids is 1. The van der Waals surface area contributed by atoms with Gasteiger partial charge in [-0.05, 0) is 42.0 Å². The summed E-state index contributed by atoms with van der Waals surface area (Å²) in [5.74, 6) is -0.168. The van der Waals surface area contributed by atoms with Crippen LogP contribution in [0.3, 0.4) is 0 Å². The molecule has 4 heteroatoms. The standard InChI is InChI=1S/C24H31NO3/c1-18(26)28-21-13-15-25(17-21)23-11-4-5-12-24(23)27-16-14-20-9-6-8-19-7-2-3-10-22(19)20/h2-3,6-10,21,23-24H,4-5,11-17H2,1H3. The number of fused-ring (bicyclic) bond motifs is 1. The lowest BCUT2D eigenvalue weighted by Gasteiger charge is -2.37. The lowest BCUT2D eigenvalue weighted by atomic mass is 9.91. The highest BCUT2D eigenvalue weighted by molar-refractivity contribution is 5.85. The summed E-state index contributed by atoms with van der Waals surface area (Å²) in [5.41, 5.74) is 1.36. The van der Waals surface area contributed by atoms with Crippen LogP contribution in [0.5, 0.6) is 0 Å². The van der Waals surface area contributed by atoms with E-state index < -0.39 is 0 Å². The fraction of sp³-hybridized carbons (Fsp3) is 0.542. The monoisotopic (exact) mass is 381 g/mol. The van der Waals surface area contributed by atoms with Crippen molar-refractivity contribution in [1.82, 2.24) is 4.90 Å². The van der Waals surface area contributed by atoms with Crippen LogP contribution in [-0.2, 0) is 20.7 Å². The first-order chi connectivity index (χ1) is 13.7. The normalized spacial score (nSPS) is 25.8. The maximum absolute atomic E-state index is 11.3. The van der Waals surface area contributed by atoms with E-state index in [0.29, 0.717) is 12.1 Å². The molecule has 1 aliphatic heterocycles. The van der Waals surface area contributed by atoms with Gasteiger partial charge in [-0.1, -0.05) is 55.3 Å². The van der Waals surface area contributed by atoms with Crippen molar-refractivity contribution in [3.05, 3.63) is 48.0 Å². The molecule has 0 N–H and O–H groups in total. The molecule has 1 saturated carbocycles. The number of nitrogens with zero attached hydrogens (tertiary/aromatic N) is 1. The number of benzene rings is 2. The van der Waals surface area contributed by atoms with Gasteiger partial charge >= 0.3 is 5.97 Å². The summed E-state index contributed by atoms with van der Waals surface area (Å²) < 4.78 is 11.9. The Balaban J connectivity index is 1.34. The van der Waals surface area contributed by atoms with Gasteiger partial charge in [0.05, 0.1) is 12.7 Å². The number of likely N-dealkylation sites (tertiary alicyclic amines) is 1. The summed E-state index contributed by atoms with van der Waals surface area (Å²) in [6.45, 7) is 4.12. The molecule has 0 spiro atoms. The van der Waals surface area contributed by atoms with Gasteiger partial charge in [-0.15, -0.1) is 0 Å². The number of hydrogen-bond donors (Lipinski definition) is 0. The molecule has 0 bridgehead atoms. The summed E-state index contributed by atoms with van der Waals surface area (Å²) in [6.07, 6.45) is 7.06. The van der Waals surface area contributed by atoms with Crippen molar-refractivity contribution < 1.29 is 14.3 Å². The zero-order valence-corrected chi connectivity index (χ0v) is 16.8. The van der Waals surface area contributed by atoms with Crippen LogP contribution in [0.25, 0.3) is 10.8 Å². The second-order valence-corrected chi connectivity index (χ2v) is 8.16. The SMILES string of the molecule is CC(=O)OC1CCN(C2CCCCC2OCCc2cccc3ccccc23)C1. The highest BCUT2D eigenvalue weighted by Crippen LogP contribution is 2.29. The van der Waals surface area contributed by atoms with Gasteiger partial charge in [0, 0.05) is 26.1 Å². The molecule has 2 aliphatic rings. The molecule has 1 heterocycles. The van der Waals surface area contributed by atoms with Gasteiger partial charge in [0.25, 0.3) is 0 Å². The molecule has 2 aromatic rings. The van der Waals surface area contributed by atoms with Crippen molar-refractivity contribution in [2.75, 3.05) is 19.7 Å². The van der Waals surface area contributed by atoms with Gasteiger partial charge in [-0.2, -0.15) is 0 Å². The molecular weight excluding hydrogens is 350 g/mol. The molecule has 28 heavy (non-hydrogen) atoms. The fourth-order valence-corrected chi connectivity index (χ4v) is 4.91. The zero-order valence-electron chi connectivity index (χ0n) is 16.8. The Morgan fingerprint density at radius 2 is 1.89 bits per heavy atom. The van der Waals surface area contributed by atoms with Crippen molar-refractivity contribution in [2.45, 2.75) is 63.7 Å². The first-order valence-electron chi connectivity index (χ1n) is 10.7. The van der Waals surface area contributed by atoms with E-state index in [1.807, 2.05) is 0 Å². The van der Waals surface area contributed by atoms with E-state index in [1.165, 1.54) is 42.5 Å². The molecule has 1 saturated heterocycles. The largest absolute Gasteiger partial charge is 0.461 e. The quantitative estimate of drug-likeness (QED) is 0.698. The minimum atomic E-state index is -0.168. The van der Waals surface area contributed by atoms with Crippen molar-refractivity contribution in [3.8, 4) is 0 Å². The van der Waals surface area contributed by atoms with Crippen molar-refractivity contribution >= 4 is 16.7 Å². The van der Waals surface area contributed by atoms with Gasteiger partial charge in [0.2, 0.25) is 0 Å². The summed E-state index contributed by atoms with van der Waals surface area (Å²) in [7, 11) is 0. The molecular formula is C24H31NO3. The maximum Gasteiger partial charge on any atom is 0.302 e. The number of hydrogen-bond acceptors (Lipinski definition) is 4. The molecule has 150 valence electrons. The summed E-state index contributed by atoms with van der Waals surface area (Å²) in [5, 5.41) is 2.63. The van der Waals surface area contributed by atoms with Crippen LogP contribution in [0.4, 0.5) is 0 Å². The van der Waals surface area contributed by atoms with Crippen molar-refractivity contribution in [2.24, 2.45) is 0 Å². The molecule has 2 fully saturated rings. The average Bonchev–Trinajstić information content (AvgIpc) is 3.16. The third-order valence-electron chi connectivity index (χ3n) is 6.23. The van der Waals surface area contributed by atoms with Crippen molar-refractivity contribution in [1.29, 1.82) is 0 Å². The molecule has 3 unspecified atom stereocenters. The highest BCUT2D eigenvalue weighted by Gasteiger charge is 2.36. The summed E-state index contributed by atoms with van der Waals surface area (Å²) in [4.78, 5) is 13.7. The Morgan fingerprint density at radius 1 is 1.07 bits per heavy atom. The van der Waals surface area contributed by atoms with E-state index in [1.54, 1.807) is 0 Å². The highest BCUT2D eigenvalue weighted by atomic mass is 16.5. The Bertz CT molecular complexity index is 800. The van der Waals surface area contributed by atoms with E-state index in [-0.39, 0.29) is 12.1 Å². The number of carbonyl (C=O) groups is 1. The number of ether oxygens (including phenoxy) is 2. The van der Waals surface area contributed by atoms with Gasteiger partial charge in [0.15, 0.2) is 0 Å². The van der Waals surface area contributed by atoms with Crippen LogP contribution in [0.15, 0.2) is 42.5 Å². The first-order valence-corrected chi connectivity index (χ1v) is 10.7. The maximum atomic E-state index is 11.3. The Morgan fingerprint density at radius 3 is 2.79 bits per heavy atom. The molecule has 0 amide bonds. The third-order valence-corrected chi connectivity index (χ3v) is 6.23. The smallest absolute Gasteiger partial charge is 0.302 e. The molecule has 2 aromatic carbocycles. The van der Waals surface area contributed by atoms with Crippen LogP contribution in [-0.4, -0.2) is 48.8 Å². The number of rotatable bonds is 6. The van der Waals surface area contributed by atoms with E-state index in [2.05, 4.69) is 47.4 Å². The van der Waals surface area contributed by atoms with E-state index in [4.69, 9.17) is 9.47 Å². The van der Waals surface area contributed by atoms with Gasteiger partial charge in [0.1, 0.15) is 6.10 Å². The van der Waals surface area contributed by atoms with Gasteiger partial charge < -0.3 is 9.47 Å². The molecule has 0 radical (unpaired) electrons. The Kier molecular flexibility index (Phi) is 6.28. The first kappa shape index (κ1) is 19.4. The second-order valence-electron chi connectivity index (χ2n) is 8.16. The van der Waals surface area contributed by atoms with Crippen LogP contribution in [0.1, 0.15) is 44.6 Å². The molecule has 4 nitrogen and oxygen atoms in total. The number of esters is 1. The fourth-order valence-electron chi connectivity index (χ4n) is 4.91. The van der Waals surface area contributed by atoms with Crippen LogP contribution in [0.2, 0.25) is 0 Å². The average molecular weight is 382 g/mol. The van der Waals surface area contributed by atoms with Crippen LogP contribution in [0, 0.1) is 0 Å². The third kappa shape index (κ3) is 4.56. The Hall–Kier alpha value is -1.91. The topological polar surface area (TPSA) is 38.8 Å². The lowest BCUT2D eigenvalue weighted by Crippen LogP contribution is -2.46. The van der Waals surface area contributed by atoms with Crippen molar-refractivity contribution in [3.63, 3.8) is 0 Å². The predicted molar refractivity (Wildman–Crippen MR) is 111 cm³/mol. The van der Waals surface area contributed by atoms with E-state index >= 15 is 0 Å². The minimum Gasteiger partial charge on any atom is -0.461 e. The van der Waals surface area contributed by atoms with E-state index in [0.717, 1.165) is 39.0 Å². The second kappa shape index (κ2) is 9.06. The zero-order chi connectivity index (χ0) is 19.3. The molecule has 0 aromatic heterocycles. The Labute approximate surface area is 167 Å².